The van der Waals surface area contributed by atoms with Crippen LogP contribution in [0.15, 0.2) is 60.9 Å². The number of aryl methyl sites for hydroxylation is 1. The highest BCUT2D eigenvalue weighted by Crippen LogP contribution is 2.32. The van der Waals surface area contributed by atoms with Gasteiger partial charge in [-0.2, -0.15) is 13.2 Å². The molecule has 0 spiro atoms. The van der Waals surface area contributed by atoms with Crippen LogP contribution in [-0.4, -0.2) is 25.6 Å². The minimum Gasteiger partial charge on any atom is -0.477 e. The van der Waals surface area contributed by atoms with Crippen LogP contribution in [0.4, 0.5) is 13.2 Å². The molecule has 0 aliphatic carbocycles. The second-order valence-corrected chi connectivity index (χ2v) is 6.86. The molecule has 0 amide bonds. The Bertz CT molecular complexity index is 1260. The summed E-state index contributed by atoms with van der Waals surface area (Å²) in [7, 11) is 0. The number of aromatic carboxylic acids is 1. The molecule has 0 saturated heterocycles. The quantitative estimate of drug-likeness (QED) is 0.503. The minimum absolute atomic E-state index is 0.0738. The van der Waals surface area contributed by atoms with Gasteiger partial charge in [0.1, 0.15) is 5.82 Å². The van der Waals surface area contributed by atoms with Gasteiger partial charge < -0.3 is 9.67 Å². The number of rotatable bonds is 4. The Morgan fingerprint density at radius 2 is 1.83 bits per heavy atom. The maximum atomic E-state index is 13.2. The van der Waals surface area contributed by atoms with Gasteiger partial charge in [0.2, 0.25) is 0 Å². The summed E-state index contributed by atoms with van der Waals surface area (Å²) in [5, 5.41) is 11.6. The molecule has 30 heavy (non-hydrogen) atoms. The number of hydrogen-bond donors (Lipinski definition) is 1. The summed E-state index contributed by atoms with van der Waals surface area (Å²) in [6.45, 7) is 1.66. The number of carboxylic acids is 1. The molecule has 2 aromatic carbocycles. The summed E-state index contributed by atoms with van der Waals surface area (Å²) in [5.41, 5.74) is 0.148. The van der Waals surface area contributed by atoms with E-state index >= 15 is 0 Å². The zero-order valence-electron chi connectivity index (χ0n) is 15.8. The molecule has 1 N–H and O–H groups in total. The van der Waals surface area contributed by atoms with Crippen LogP contribution in [0.25, 0.3) is 22.2 Å². The predicted octanol–water partition coefficient (Wildman–Crippen LogP) is 5.17. The topological polar surface area (TPSA) is 68.0 Å². The van der Waals surface area contributed by atoms with E-state index in [-0.39, 0.29) is 29.3 Å². The first-order valence-corrected chi connectivity index (χ1v) is 9.05. The van der Waals surface area contributed by atoms with Crippen molar-refractivity contribution in [2.45, 2.75) is 19.6 Å². The van der Waals surface area contributed by atoms with E-state index in [1.807, 2.05) is 42.5 Å². The molecule has 8 heteroatoms. The van der Waals surface area contributed by atoms with Crippen LogP contribution in [0.2, 0.25) is 0 Å². The molecule has 0 atom stereocenters. The number of carbonyl (C=O) groups is 1. The van der Waals surface area contributed by atoms with Crippen LogP contribution in [0.3, 0.4) is 0 Å². The summed E-state index contributed by atoms with van der Waals surface area (Å²) in [4.78, 5) is 19.9. The molecule has 5 nitrogen and oxygen atoms in total. The summed E-state index contributed by atoms with van der Waals surface area (Å²) in [6, 6.07) is 14.2. The van der Waals surface area contributed by atoms with Gasteiger partial charge in [0, 0.05) is 18.0 Å². The normalized spacial score (nSPS) is 11.7. The van der Waals surface area contributed by atoms with Crippen LogP contribution in [0, 0.1) is 6.92 Å². The second-order valence-electron chi connectivity index (χ2n) is 6.86. The van der Waals surface area contributed by atoms with Crippen molar-refractivity contribution in [2.75, 3.05) is 0 Å². The second kappa shape index (κ2) is 7.29. The Labute approximate surface area is 169 Å². The van der Waals surface area contributed by atoms with Gasteiger partial charge in [-0.3, -0.25) is 4.98 Å². The van der Waals surface area contributed by atoms with Gasteiger partial charge in [-0.1, -0.05) is 42.5 Å². The highest BCUT2D eigenvalue weighted by Gasteiger charge is 2.32. The molecule has 0 aliphatic rings. The number of pyridine rings is 1. The number of imidazole rings is 1. The monoisotopic (exact) mass is 411 g/mol. The fourth-order valence-electron chi connectivity index (χ4n) is 3.54. The molecular formula is C22H16F3N3O2. The largest absolute Gasteiger partial charge is 0.477 e. The molecule has 0 radical (unpaired) electrons. The van der Waals surface area contributed by atoms with E-state index in [0.717, 1.165) is 28.6 Å². The van der Waals surface area contributed by atoms with Crippen molar-refractivity contribution in [3.63, 3.8) is 0 Å². The molecule has 2 aromatic heterocycles. The molecule has 2 heterocycles. The highest BCUT2D eigenvalue weighted by atomic mass is 19.4. The number of alkyl halides is 3. The van der Waals surface area contributed by atoms with Gasteiger partial charge in [0.05, 0.1) is 17.8 Å². The number of fused-ring (bicyclic) bond motifs is 1. The zero-order chi connectivity index (χ0) is 21.5. The van der Waals surface area contributed by atoms with Crippen molar-refractivity contribution in [1.82, 2.24) is 14.5 Å². The smallest absolute Gasteiger partial charge is 0.417 e. The zero-order valence-corrected chi connectivity index (χ0v) is 15.8. The maximum Gasteiger partial charge on any atom is 0.417 e. The fraction of sp³-hybridized carbons (Fsp3) is 0.136. The van der Waals surface area contributed by atoms with Crippen molar-refractivity contribution < 1.29 is 23.1 Å². The number of hydrogen-bond acceptors (Lipinski definition) is 3. The van der Waals surface area contributed by atoms with Gasteiger partial charge >= 0.3 is 12.1 Å². The van der Waals surface area contributed by atoms with E-state index in [0.29, 0.717) is 0 Å². The third-order valence-corrected chi connectivity index (χ3v) is 4.88. The van der Waals surface area contributed by atoms with Gasteiger partial charge in [0.15, 0.2) is 5.69 Å². The molecule has 0 bridgehead atoms. The van der Waals surface area contributed by atoms with Crippen LogP contribution in [0.1, 0.15) is 27.3 Å². The third kappa shape index (κ3) is 3.52. The Balaban J connectivity index is 1.90. The Morgan fingerprint density at radius 3 is 2.57 bits per heavy atom. The number of aromatic nitrogens is 3. The van der Waals surface area contributed by atoms with Gasteiger partial charge in [-0.05, 0) is 29.3 Å². The van der Waals surface area contributed by atoms with Crippen LogP contribution < -0.4 is 0 Å². The van der Waals surface area contributed by atoms with Crippen LogP contribution >= 0.6 is 0 Å². The molecular weight excluding hydrogens is 395 g/mol. The lowest BCUT2D eigenvalue weighted by Gasteiger charge is -2.13. The molecule has 0 saturated carbocycles. The number of carboxylic acid groups (broad SMARTS) is 1. The lowest BCUT2D eigenvalue weighted by atomic mass is 10.0. The van der Waals surface area contributed by atoms with E-state index in [2.05, 4.69) is 9.97 Å². The number of halogens is 3. The van der Waals surface area contributed by atoms with Gasteiger partial charge in [-0.15, -0.1) is 0 Å². The minimum atomic E-state index is -4.57. The van der Waals surface area contributed by atoms with Crippen molar-refractivity contribution >= 4 is 16.7 Å². The van der Waals surface area contributed by atoms with Crippen molar-refractivity contribution in [3.05, 3.63) is 83.4 Å². The lowest BCUT2D eigenvalue weighted by molar-refractivity contribution is -0.137. The summed E-state index contributed by atoms with van der Waals surface area (Å²) < 4.78 is 40.9. The molecule has 4 aromatic rings. The van der Waals surface area contributed by atoms with Crippen molar-refractivity contribution in [3.8, 4) is 11.4 Å². The maximum absolute atomic E-state index is 13.2. The SMILES string of the molecule is Cc1nc(-c2cncc(C(F)(F)F)c2)n(Cc2cccc3ccccc23)c1C(=O)O. The highest BCUT2D eigenvalue weighted by molar-refractivity contribution is 5.89. The van der Waals surface area contributed by atoms with Gasteiger partial charge in [-0.25, -0.2) is 9.78 Å². The standard InChI is InChI=1S/C22H16F3N3O2/c1-13-19(21(29)30)28(12-15-7-4-6-14-5-2-3-8-18(14)15)20(27-13)16-9-17(11-26-10-16)22(23,24)25/h2-11H,12H2,1H3,(H,29,30). The first-order chi connectivity index (χ1) is 14.3. The molecule has 0 aliphatic heterocycles. The average molecular weight is 411 g/mol. The van der Waals surface area contributed by atoms with Crippen LogP contribution in [-0.2, 0) is 12.7 Å². The van der Waals surface area contributed by atoms with Gasteiger partial charge in [0.25, 0.3) is 0 Å². The lowest BCUT2D eigenvalue weighted by Crippen LogP contribution is -2.12. The summed E-state index contributed by atoms with van der Waals surface area (Å²) >= 11 is 0. The predicted molar refractivity (Wildman–Crippen MR) is 105 cm³/mol. The molecule has 0 unspecified atom stereocenters. The number of benzene rings is 2. The first-order valence-electron chi connectivity index (χ1n) is 9.05. The van der Waals surface area contributed by atoms with Crippen molar-refractivity contribution in [1.29, 1.82) is 0 Å². The molecule has 152 valence electrons. The summed E-state index contributed by atoms with van der Waals surface area (Å²) in [6.07, 6.45) is -2.59. The Kier molecular flexibility index (Phi) is 4.77. The van der Waals surface area contributed by atoms with E-state index in [9.17, 15) is 23.1 Å². The van der Waals surface area contributed by atoms with E-state index in [4.69, 9.17) is 0 Å². The molecule has 4 rings (SSSR count). The third-order valence-electron chi connectivity index (χ3n) is 4.88. The Morgan fingerprint density at radius 1 is 1.10 bits per heavy atom. The van der Waals surface area contributed by atoms with Crippen molar-refractivity contribution in [2.24, 2.45) is 0 Å². The average Bonchev–Trinajstić information content (AvgIpc) is 3.04. The van der Waals surface area contributed by atoms with E-state index < -0.39 is 17.7 Å². The van der Waals surface area contributed by atoms with E-state index in [1.54, 1.807) is 0 Å². The Hall–Kier alpha value is -3.68. The fourth-order valence-corrected chi connectivity index (χ4v) is 3.54. The van der Waals surface area contributed by atoms with Crippen LogP contribution in [0.5, 0.6) is 0 Å². The van der Waals surface area contributed by atoms with E-state index in [1.165, 1.54) is 17.7 Å². The molecule has 0 fully saturated rings. The first kappa shape index (κ1) is 19.6. The number of nitrogens with zero attached hydrogens (tertiary/aromatic N) is 3. The summed E-state index contributed by atoms with van der Waals surface area (Å²) in [5.74, 6) is -1.08.